The van der Waals surface area contributed by atoms with Crippen molar-refractivity contribution in [1.82, 2.24) is 19.9 Å². The SMILES string of the molecule is Cc1nc(S[C@H](C)c2nc3sc(C)c(C)c3c(=O)[nH]2)c2c(C)c(C)sc2n1. The maximum Gasteiger partial charge on any atom is 0.259 e. The van der Waals surface area contributed by atoms with Gasteiger partial charge in [0.15, 0.2) is 0 Å². The molecule has 0 aliphatic heterocycles. The maximum absolute atomic E-state index is 12.6. The minimum Gasteiger partial charge on any atom is -0.309 e. The normalized spacial score (nSPS) is 13.0. The van der Waals surface area contributed by atoms with Crippen LogP contribution in [0.2, 0.25) is 0 Å². The van der Waals surface area contributed by atoms with Gasteiger partial charge in [-0.1, -0.05) is 11.8 Å². The number of thiophene rings is 2. The number of hydrogen-bond acceptors (Lipinski definition) is 7. The van der Waals surface area contributed by atoms with Crippen molar-refractivity contribution < 1.29 is 0 Å². The number of thioether (sulfide) groups is 1. The Morgan fingerprint density at radius 2 is 1.48 bits per heavy atom. The van der Waals surface area contributed by atoms with E-state index in [1.165, 1.54) is 10.4 Å². The van der Waals surface area contributed by atoms with Gasteiger partial charge in [-0.2, -0.15) is 0 Å². The van der Waals surface area contributed by atoms with Gasteiger partial charge in [0, 0.05) is 15.1 Å². The molecule has 0 saturated carbocycles. The summed E-state index contributed by atoms with van der Waals surface area (Å²) in [5, 5.41) is 2.75. The Bertz CT molecular complexity index is 1250. The molecule has 0 radical (unpaired) electrons. The highest BCUT2D eigenvalue weighted by Gasteiger charge is 2.20. The molecule has 0 aromatic carbocycles. The molecule has 0 saturated heterocycles. The van der Waals surface area contributed by atoms with Crippen molar-refractivity contribution in [3.8, 4) is 0 Å². The number of aryl methyl sites for hydroxylation is 5. The first-order chi connectivity index (χ1) is 12.8. The Hall–Kier alpha value is -1.77. The Balaban J connectivity index is 1.79. The molecule has 1 N–H and O–H groups in total. The molecule has 4 heterocycles. The predicted octanol–water partition coefficient (Wildman–Crippen LogP) is 5.38. The Morgan fingerprint density at radius 3 is 2.15 bits per heavy atom. The molecular weight excluding hydrogens is 396 g/mol. The lowest BCUT2D eigenvalue weighted by molar-refractivity contribution is 0.918. The van der Waals surface area contributed by atoms with Gasteiger partial charge in [-0.05, 0) is 52.7 Å². The average molecular weight is 417 g/mol. The van der Waals surface area contributed by atoms with Gasteiger partial charge in [0.05, 0.1) is 10.6 Å². The van der Waals surface area contributed by atoms with E-state index < -0.39 is 0 Å². The number of hydrogen-bond donors (Lipinski definition) is 1. The molecule has 0 amide bonds. The Labute approximate surface area is 169 Å². The van der Waals surface area contributed by atoms with Gasteiger partial charge >= 0.3 is 0 Å². The second-order valence-electron chi connectivity index (χ2n) is 6.71. The van der Waals surface area contributed by atoms with Gasteiger partial charge in [0.25, 0.3) is 5.56 Å². The third kappa shape index (κ3) is 3.09. The number of H-pyrrole nitrogens is 1. The second kappa shape index (κ2) is 6.68. The van der Waals surface area contributed by atoms with Crippen LogP contribution in [0.25, 0.3) is 20.4 Å². The topological polar surface area (TPSA) is 71.5 Å². The monoisotopic (exact) mass is 416 g/mol. The number of aromatic amines is 1. The van der Waals surface area contributed by atoms with Crippen molar-refractivity contribution in [3.05, 3.63) is 42.9 Å². The van der Waals surface area contributed by atoms with Gasteiger partial charge in [-0.25, -0.2) is 15.0 Å². The largest absolute Gasteiger partial charge is 0.309 e. The Morgan fingerprint density at radius 1 is 0.889 bits per heavy atom. The lowest BCUT2D eigenvalue weighted by Crippen LogP contribution is -2.12. The molecule has 5 nitrogen and oxygen atoms in total. The first-order valence-corrected chi connectivity index (χ1v) is 11.2. The van der Waals surface area contributed by atoms with Gasteiger partial charge in [0.1, 0.15) is 26.3 Å². The molecule has 0 aliphatic rings. The number of fused-ring (bicyclic) bond motifs is 2. The lowest BCUT2D eigenvalue weighted by atomic mass is 10.2. The minimum atomic E-state index is -0.0594. The van der Waals surface area contributed by atoms with Crippen molar-refractivity contribution in [1.29, 1.82) is 0 Å². The molecule has 4 aromatic heterocycles. The third-order valence-electron chi connectivity index (χ3n) is 4.84. The van der Waals surface area contributed by atoms with Gasteiger partial charge in [-0.3, -0.25) is 4.79 Å². The first-order valence-electron chi connectivity index (χ1n) is 8.67. The van der Waals surface area contributed by atoms with Crippen LogP contribution in [0.1, 0.15) is 44.7 Å². The standard InChI is InChI=1S/C19H20N4OS3/c1-7-9(3)25-17-13(7)16(24)22-15(23-17)11(5)27-19-14-8(2)10(4)26-18(14)20-12(6)21-19/h11H,1-6H3,(H,22,23,24)/t11-/m1/s1. The number of aromatic nitrogens is 4. The highest BCUT2D eigenvalue weighted by molar-refractivity contribution is 7.99. The summed E-state index contributed by atoms with van der Waals surface area (Å²) >= 11 is 4.90. The third-order valence-corrected chi connectivity index (χ3v) is 8.14. The molecule has 0 fully saturated rings. The predicted molar refractivity (Wildman–Crippen MR) is 116 cm³/mol. The van der Waals surface area contributed by atoms with Gasteiger partial charge < -0.3 is 4.98 Å². The molecule has 0 unspecified atom stereocenters. The summed E-state index contributed by atoms with van der Waals surface area (Å²) in [7, 11) is 0. The van der Waals surface area contributed by atoms with Crippen LogP contribution in [-0.4, -0.2) is 19.9 Å². The fourth-order valence-corrected chi connectivity index (χ4v) is 6.37. The van der Waals surface area contributed by atoms with Crippen molar-refractivity contribution in [3.63, 3.8) is 0 Å². The van der Waals surface area contributed by atoms with Crippen LogP contribution in [0.4, 0.5) is 0 Å². The number of rotatable bonds is 3. The van der Waals surface area contributed by atoms with E-state index >= 15 is 0 Å². The van der Waals surface area contributed by atoms with E-state index in [-0.39, 0.29) is 10.8 Å². The molecule has 8 heteroatoms. The smallest absolute Gasteiger partial charge is 0.259 e. The van der Waals surface area contributed by atoms with Crippen molar-refractivity contribution in [2.45, 2.75) is 51.8 Å². The minimum absolute atomic E-state index is 0.0260. The highest BCUT2D eigenvalue weighted by atomic mass is 32.2. The van der Waals surface area contributed by atoms with E-state index in [4.69, 9.17) is 4.98 Å². The van der Waals surface area contributed by atoms with Crippen LogP contribution < -0.4 is 5.56 Å². The van der Waals surface area contributed by atoms with Crippen LogP contribution in [0, 0.1) is 34.6 Å². The molecule has 4 rings (SSSR count). The van der Waals surface area contributed by atoms with E-state index in [9.17, 15) is 4.79 Å². The summed E-state index contributed by atoms with van der Waals surface area (Å²) in [6.45, 7) is 12.2. The number of nitrogens with zero attached hydrogens (tertiary/aromatic N) is 3. The summed E-state index contributed by atoms with van der Waals surface area (Å²) in [5.41, 5.74) is 2.19. The quantitative estimate of drug-likeness (QED) is 0.358. The number of nitrogens with one attached hydrogen (secondary N) is 1. The van der Waals surface area contributed by atoms with Crippen molar-refractivity contribution in [2.75, 3.05) is 0 Å². The molecule has 0 spiro atoms. The average Bonchev–Trinajstić information content (AvgIpc) is 3.03. The zero-order valence-corrected chi connectivity index (χ0v) is 18.5. The van der Waals surface area contributed by atoms with Crippen molar-refractivity contribution in [2.24, 2.45) is 0 Å². The molecular formula is C19H20N4OS3. The van der Waals surface area contributed by atoms with Gasteiger partial charge in [0.2, 0.25) is 0 Å². The van der Waals surface area contributed by atoms with E-state index in [0.29, 0.717) is 11.2 Å². The molecule has 4 aromatic rings. The van der Waals surface area contributed by atoms with E-state index in [1.54, 1.807) is 34.4 Å². The summed E-state index contributed by atoms with van der Waals surface area (Å²) < 4.78 is 0. The summed E-state index contributed by atoms with van der Waals surface area (Å²) in [6, 6.07) is 0. The molecule has 140 valence electrons. The van der Waals surface area contributed by atoms with Gasteiger partial charge in [-0.15, -0.1) is 22.7 Å². The van der Waals surface area contributed by atoms with Crippen LogP contribution >= 0.6 is 34.4 Å². The van der Waals surface area contributed by atoms with Crippen LogP contribution in [0.15, 0.2) is 9.82 Å². The highest BCUT2D eigenvalue weighted by Crippen LogP contribution is 2.40. The fraction of sp³-hybridized carbons (Fsp3) is 0.368. The van der Waals surface area contributed by atoms with Crippen LogP contribution in [0.3, 0.4) is 0 Å². The fourth-order valence-electron chi connectivity index (χ4n) is 3.09. The van der Waals surface area contributed by atoms with Crippen LogP contribution in [-0.2, 0) is 0 Å². The molecule has 27 heavy (non-hydrogen) atoms. The van der Waals surface area contributed by atoms with E-state index in [1.807, 2.05) is 20.8 Å². The van der Waals surface area contributed by atoms with Crippen molar-refractivity contribution >= 4 is 54.9 Å². The summed E-state index contributed by atoms with van der Waals surface area (Å²) in [6.07, 6.45) is 0. The first kappa shape index (κ1) is 18.6. The lowest BCUT2D eigenvalue weighted by Gasteiger charge is -2.11. The van der Waals surface area contributed by atoms with E-state index in [2.05, 4.69) is 35.7 Å². The summed E-state index contributed by atoms with van der Waals surface area (Å²) in [5.74, 6) is 1.45. The zero-order chi connectivity index (χ0) is 19.5. The zero-order valence-electron chi connectivity index (χ0n) is 16.1. The molecule has 0 aliphatic carbocycles. The Kier molecular flexibility index (Phi) is 4.60. The molecule has 0 bridgehead atoms. The molecule has 1 atom stereocenters. The maximum atomic E-state index is 12.6. The second-order valence-corrected chi connectivity index (χ2v) is 10.4. The summed E-state index contributed by atoms with van der Waals surface area (Å²) in [4.78, 5) is 33.8. The van der Waals surface area contributed by atoms with Crippen LogP contribution in [0.5, 0.6) is 0 Å². The van der Waals surface area contributed by atoms with E-state index in [0.717, 1.165) is 36.3 Å².